The van der Waals surface area contributed by atoms with Crippen molar-refractivity contribution >= 4 is 21.8 Å². The lowest BCUT2D eigenvalue weighted by molar-refractivity contribution is -0.136. The molecule has 1 aromatic rings. The van der Waals surface area contributed by atoms with Crippen LogP contribution in [-0.2, 0) is 19.6 Å². The first-order chi connectivity index (χ1) is 12.6. The van der Waals surface area contributed by atoms with Gasteiger partial charge in [-0.05, 0) is 39.0 Å². The molecule has 1 N–H and O–H groups in total. The van der Waals surface area contributed by atoms with Gasteiger partial charge in [0.1, 0.15) is 6.04 Å². The molecule has 0 spiro atoms. The second-order valence-corrected chi connectivity index (χ2v) is 8.77. The Bertz CT molecular complexity index is 788. The molecule has 0 radical (unpaired) electrons. The van der Waals surface area contributed by atoms with Crippen LogP contribution in [0.15, 0.2) is 29.2 Å². The zero-order chi connectivity index (χ0) is 20.2. The van der Waals surface area contributed by atoms with E-state index in [1.54, 1.807) is 25.7 Å². The number of morpholine rings is 1. The van der Waals surface area contributed by atoms with E-state index in [9.17, 15) is 18.0 Å². The van der Waals surface area contributed by atoms with Crippen molar-refractivity contribution in [3.63, 3.8) is 0 Å². The lowest BCUT2D eigenvalue weighted by Gasteiger charge is -2.29. The summed E-state index contributed by atoms with van der Waals surface area (Å²) in [7, 11) is -2.20. The van der Waals surface area contributed by atoms with Crippen molar-refractivity contribution < 1.29 is 22.7 Å². The van der Waals surface area contributed by atoms with Gasteiger partial charge in [0, 0.05) is 31.7 Å². The lowest BCUT2D eigenvalue weighted by atomic mass is 10.2. The van der Waals surface area contributed by atoms with Gasteiger partial charge in [-0.25, -0.2) is 8.42 Å². The fourth-order valence-corrected chi connectivity index (χ4v) is 4.05. The van der Waals surface area contributed by atoms with Crippen molar-refractivity contribution in [1.29, 1.82) is 0 Å². The van der Waals surface area contributed by atoms with Crippen molar-refractivity contribution in [3.8, 4) is 0 Å². The highest BCUT2D eigenvalue weighted by atomic mass is 32.2. The summed E-state index contributed by atoms with van der Waals surface area (Å²) in [6.07, 6.45) is 0. The highest BCUT2D eigenvalue weighted by molar-refractivity contribution is 7.89. The quantitative estimate of drug-likeness (QED) is 0.762. The summed E-state index contributed by atoms with van der Waals surface area (Å²) in [6, 6.07) is 4.90. The molecule has 1 unspecified atom stereocenters. The van der Waals surface area contributed by atoms with Crippen molar-refractivity contribution in [2.24, 2.45) is 0 Å². The third kappa shape index (κ3) is 5.06. The van der Waals surface area contributed by atoms with Gasteiger partial charge < -0.3 is 15.0 Å². The highest BCUT2D eigenvalue weighted by Gasteiger charge is 2.26. The summed E-state index contributed by atoms with van der Waals surface area (Å²) in [6.45, 7) is 7.11. The zero-order valence-electron chi connectivity index (χ0n) is 16.1. The minimum atomic E-state index is -3.69. The number of sulfonamides is 1. The molecule has 1 aliphatic heterocycles. The Balaban J connectivity index is 2.12. The number of amides is 2. The van der Waals surface area contributed by atoms with E-state index >= 15 is 0 Å². The van der Waals surface area contributed by atoms with Gasteiger partial charge >= 0.3 is 0 Å². The smallest absolute Gasteiger partial charge is 0.251 e. The second-order valence-electron chi connectivity index (χ2n) is 6.78. The van der Waals surface area contributed by atoms with Crippen LogP contribution in [0.3, 0.4) is 0 Å². The van der Waals surface area contributed by atoms with E-state index in [0.717, 1.165) is 0 Å². The number of rotatable bonds is 6. The Kier molecular flexibility index (Phi) is 6.96. The normalized spacial score (nSPS) is 16.4. The number of hydrogen-bond donors (Lipinski definition) is 1. The number of nitrogens with zero attached hydrogens (tertiary/aromatic N) is 2. The molecule has 9 heteroatoms. The van der Waals surface area contributed by atoms with Gasteiger partial charge in [0.15, 0.2) is 0 Å². The standard InChI is InChI=1S/C18H27N3O5S/c1-13(2)20(4)27(24,25)16-7-5-6-15(12-16)17(22)19-14(3)18(23)21-8-10-26-11-9-21/h5-7,12-14H,8-11H2,1-4H3,(H,19,22). The van der Waals surface area contributed by atoms with Crippen LogP contribution < -0.4 is 5.32 Å². The van der Waals surface area contributed by atoms with Crippen LogP contribution in [0, 0.1) is 0 Å². The molecule has 1 heterocycles. The van der Waals surface area contributed by atoms with Gasteiger partial charge in [0.2, 0.25) is 15.9 Å². The predicted molar refractivity (Wildman–Crippen MR) is 101 cm³/mol. The van der Waals surface area contributed by atoms with Gasteiger partial charge in [0.05, 0.1) is 18.1 Å². The average molecular weight is 397 g/mol. The van der Waals surface area contributed by atoms with E-state index in [1.807, 2.05) is 0 Å². The van der Waals surface area contributed by atoms with Gasteiger partial charge in [-0.1, -0.05) is 6.07 Å². The molecule has 1 aromatic carbocycles. The zero-order valence-corrected chi connectivity index (χ0v) is 17.0. The fourth-order valence-electron chi connectivity index (χ4n) is 2.64. The average Bonchev–Trinajstić information content (AvgIpc) is 2.67. The molecular weight excluding hydrogens is 370 g/mol. The van der Waals surface area contributed by atoms with Crippen LogP contribution >= 0.6 is 0 Å². The summed E-state index contributed by atoms with van der Waals surface area (Å²) in [4.78, 5) is 26.6. The minimum Gasteiger partial charge on any atom is -0.378 e. The van der Waals surface area contributed by atoms with Crippen LogP contribution in [0.2, 0.25) is 0 Å². The second kappa shape index (κ2) is 8.81. The lowest BCUT2D eigenvalue weighted by Crippen LogP contribution is -2.50. The monoisotopic (exact) mass is 397 g/mol. The third-order valence-electron chi connectivity index (χ3n) is 4.54. The summed E-state index contributed by atoms with van der Waals surface area (Å²) in [5.74, 6) is -0.677. The first-order valence-electron chi connectivity index (χ1n) is 8.90. The SMILES string of the molecule is CC(NC(=O)c1cccc(S(=O)(=O)N(C)C(C)C)c1)C(=O)N1CCOCC1. The Morgan fingerprint density at radius 3 is 2.41 bits per heavy atom. The predicted octanol–water partition coefficient (Wildman–Crippen LogP) is 0.693. The van der Waals surface area contributed by atoms with Crippen LogP contribution in [-0.4, -0.2) is 74.9 Å². The third-order valence-corrected chi connectivity index (χ3v) is 6.57. The minimum absolute atomic E-state index is 0.0403. The number of ether oxygens (including phenoxy) is 1. The maximum Gasteiger partial charge on any atom is 0.251 e. The number of carbonyl (C=O) groups is 2. The summed E-state index contributed by atoms with van der Waals surface area (Å²) < 4.78 is 31.7. The van der Waals surface area contributed by atoms with E-state index < -0.39 is 22.0 Å². The van der Waals surface area contributed by atoms with Gasteiger partial charge in [-0.2, -0.15) is 4.31 Å². The molecule has 150 valence electrons. The molecule has 1 aliphatic rings. The molecule has 1 fully saturated rings. The molecule has 2 amide bonds. The molecule has 1 atom stereocenters. The molecule has 0 aliphatic carbocycles. The molecule has 8 nitrogen and oxygen atoms in total. The number of nitrogens with one attached hydrogen (secondary N) is 1. The fraction of sp³-hybridized carbons (Fsp3) is 0.556. The van der Waals surface area contributed by atoms with Gasteiger partial charge in [0.25, 0.3) is 5.91 Å². The molecule has 27 heavy (non-hydrogen) atoms. The largest absolute Gasteiger partial charge is 0.378 e. The van der Waals surface area contributed by atoms with E-state index in [4.69, 9.17) is 4.74 Å². The van der Waals surface area contributed by atoms with Gasteiger partial charge in [-0.3, -0.25) is 9.59 Å². The summed E-state index contributed by atoms with van der Waals surface area (Å²) in [5, 5.41) is 2.64. The Labute approximate surface area is 160 Å². The van der Waals surface area contributed by atoms with Crippen molar-refractivity contribution in [2.45, 2.75) is 37.8 Å². The maximum absolute atomic E-state index is 12.6. The number of carbonyl (C=O) groups excluding carboxylic acids is 2. The Hall–Kier alpha value is -1.97. The van der Waals surface area contributed by atoms with E-state index in [1.165, 1.54) is 35.6 Å². The maximum atomic E-state index is 12.6. The van der Waals surface area contributed by atoms with Crippen molar-refractivity contribution in [2.75, 3.05) is 33.4 Å². The molecule has 2 rings (SSSR count). The first-order valence-corrected chi connectivity index (χ1v) is 10.3. The van der Waals surface area contributed by atoms with Crippen LogP contribution in [0.25, 0.3) is 0 Å². The van der Waals surface area contributed by atoms with E-state index in [0.29, 0.717) is 26.3 Å². The molecule has 1 saturated heterocycles. The summed E-state index contributed by atoms with van der Waals surface area (Å²) in [5.41, 5.74) is 0.190. The molecule has 0 aromatic heterocycles. The number of hydrogen-bond acceptors (Lipinski definition) is 5. The highest BCUT2D eigenvalue weighted by Crippen LogP contribution is 2.18. The van der Waals surface area contributed by atoms with E-state index in [-0.39, 0.29) is 22.4 Å². The topological polar surface area (TPSA) is 96.0 Å². The Morgan fingerprint density at radius 1 is 1.19 bits per heavy atom. The van der Waals surface area contributed by atoms with Crippen molar-refractivity contribution in [3.05, 3.63) is 29.8 Å². The van der Waals surface area contributed by atoms with Crippen LogP contribution in [0.5, 0.6) is 0 Å². The first kappa shape index (κ1) is 21.3. The molecular formula is C18H27N3O5S. The van der Waals surface area contributed by atoms with Crippen LogP contribution in [0.4, 0.5) is 0 Å². The summed E-state index contributed by atoms with van der Waals surface area (Å²) >= 11 is 0. The van der Waals surface area contributed by atoms with Crippen LogP contribution in [0.1, 0.15) is 31.1 Å². The molecule has 0 bridgehead atoms. The van der Waals surface area contributed by atoms with Gasteiger partial charge in [-0.15, -0.1) is 0 Å². The Morgan fingerprint density at radius 2 is 1.81 bits per heavy atom. The molecule has 0 saturated carbocycles. The van der Waals surface area contributed by atoms with E-state index in [2.05, 4.69) is 5.32 Å². The van der Waals surface area contributed by atoms with Crippen molar-refractivity contribution in [1.82, 2.24) is 14.5 Å². The number of benzene rings is 1.